The quantitative estimate of drug-likeness (QED) is 0.800. The van der Waals surface area contributed by atoms with Crippen LogP contribution in [0.25, 0.3) is 5.69 Å². The Hall–Kier alpha value is -1.38. The summed E-state index contributed by atoms with van der Waals surface area (Å²) in [5.41, 5.74) is 2.58. The Labute approximate surface area is 107 Å². The minimum absolute atomic E-state index is 0.717. The first kappa shape index (κ1) is 13.1. The largest absolute Gasteiger partial charge is 0.329 e. The number of hydrogen-bond acceptors (Lipinski definition) is 3. The van der Waals surface area contributed by atoms with E-state index in [0.29, 0.717) is 5.30 Å². The number of aromatic nitrogens is 2. The summed E-state index contributed by atoms with van der Waals surface area (Å²) in [5, 5.41) is 5.18. The number of rotatable bonds is 3. The van der Waals surface area contributed by atoms with E-state index >= 15 is 0 Å². The van der Waals surface area contributed by atoms with Gasteiger partial charge in [0.05, 0.1) is 22.4 Å². The monoisotopic (exact) mass is 264 g/mol. The summed E-state index contributed by atoms with van der Waals surface area (Å²) < 4.78 is 19.3. The molecular formula is C13H17N2O2P. The van der Waals surface area contributed by atoms with Crippen molar-refractivity contribution in [3.05, 3.63) is 41.7 Å². The Balaban J connectivity index is 2.62. The van der Waals surface area contributed by atoms with Crippen molar-refractivity contribution in [2.45, 2.75) is 13.8 Å². The average molecular weight is 264 g/mol. The molecule has 0 saturated heterocycles. The first-order valence-electron chi connectivity index (χ1n) is 5.73. The maximum Gasteiger partial charge on any atom is 0.232 e. The molecule has 0 radical (unpaired) electrons. The molecule has 0 spiro atoms. The highest BCUT2D eigenvalue weighted by Gasteiger charge is 2.27. The SMILES string of the molecule is CO[P@@](C)(=O)c1c(C)nn(-c2ccccc2)c1C. The number of para-hydroxylation sites is 1. The fourth-order valence-corrected chi connectivity index (χ4v) is 3.63. The van der Waals surface area contributed by atoms with E-state index in [9.17, 15) is 4.57 Å². The predicted octanol–water partition coefficient (Wildman–Crippen LogP) is 2.67. The van der Waals surface area contributed by atoms with E-state index in [0.717, 1.165) is 17.1 Å². The molecule has 0 saturated carbocycles. The number of nitrogens with zero attached hydrogens (tertiary/aromatic N) is 2. The summed E-state index contributed by atoms with van der Waals surface area (Å²) >= 11 is 0. The van der Waals surface area contributed by atoms with Gasteiger partial charge < -0.3 is 4.52 Å². The summed E-state index contributed by atoms with van der Waals surface area (Å²) in [6.45, 7) is 5.40. The summed E-state index contributed by atoms with van der Waals surface area (Å²) in [4.78, 5) is 0. The van der Waals surface area contributed by atoms with Gasteiger partial charge in [0, 0.05) is 13.8 Å². The summed E-state index contributed by atoms with van der Waals surface area (Å²) in [6, 6.07) is 9.80. The molecule has 0 aliphatic carbocycles. The van der Waals surface area contributed by atoms with Crippen molar-refractivity contribution in [2.75, 3.05) is 13.8 Å². The molecule has 5 heteroatoms. The molecule has 0 bridgehead atoms. The third-order valence-corrected chi connectivity index (χ3v) is 5.16. The van der Waals surface area contributed by atoms with Gasteiger partial charge in [0.1, 0.15) is 0 Å². The van der Waals surface area contributed by atoms with E-state index in [1.165, 1.54) is 7.11 Å². The molecule has 18 heavy (non-hydrogen) atoms. The molecule has 0 unspecified atom stereocenters. The van der Waals surface area contributed by atoms with E-state index < -0.39 is 7.37 Å². The van der Waals surface area contributed by atoms with Gasteiger partial charge in [-0.2, -0.15) is 5.10 Å². The maximum atomic E-state index is 12.4. The average Bonchev–Trinajstić information content (AvgIpc) is 2.66. The number of aryl methyl sites for hydroxylation is 1. The van der Waals surface area contributed by atoms with Crippen LogP contribution in [0.3, 0.4) is 0 Å². The lowest BCUT2D eigenvalue weighted by atomic mass is 10.3. The van der Waals surface area contributed by atoms with Crippen LogP contribution >= 0.6 is 7.37 Å². The maximum absolute atomic E-state index is 12.4. The molecule has 0 N–H and O–H groups in total. The highest BCUT2D eigenvalue weighted by Crippen LogP contribution is 2.42. The smallest absolute Gasteiger partial charge is 0.232 e. The fourth-order valence-electron chi connectivity index (χ4n) is 2.13. The lowest BCUT2D eigenvalue weighted by molar-refractivity contribution is 0.408. The van der Waals surface area contributed by atoms with Crippen LogP contribution in [0, 0.1) is 13.8 Å². The second-order valence-electron chi connectivity index (χ2n) is 4.30. The Morgan fingerprint density at radius 1 is 1.22 bits per heavy atom. The normalized spacial score (nSPS) is 14.4. The zero-order valence-corrected chi connectivity index (χ0v) is 11.9. The van der Waals surface area contributed by atoms with E-state index in [1.807, 2.05) is 44.2 Å². The standard InChI is InChI=1S/C13H17N2O2P/c1-10-13(18(4,16)17-3)11(2)15(14-10)12-8-6-5-7-9-12/h5-9H,1-4H3/t18-/m1/s1. The molecule has 1 aromatic heterocycles. The molecule has 0 fully saturated rings. The lowest BCUT2D eigenvalue weighted by Crippen LogP contribution is -2.11. The minimum Gasteiger partial charge on any atom is -0.329 e. The first-order valence-corrected chi connectivity index (χ1v) is 7.80. The number of benzene rings is 1. The van der Waals surface area contributed by atoms with Crippen molar-refractivity contribution in [3.8, 4) is 5.69 Å². The van der Waals surface area contributed by atoms with Gasteiger partial charge in [-0.05, 0) is 26.0 Å². The molecule has 1 heterocycles. The summed E-state index contributed by atoms with van der Waals surface area (Å²) in [6.07, 6.45) is 0. The van der Waals surface area contributed by atoms with Crippen molar-refractivity contribution >= 4 is 12.7 Å². The summed E-state index contributed by atoms with van der Waals surface area (Å²) in [7, 11) is -1.31. The van der Waals surface area contributed by atoms with Gasteiger partial charge in [-0.25, -0.2) is 4.68 Å². The topological polar surface area (TPSA) is 44.1 Å². The zero-order chi connectivity index (χ0) is 13.3. The van der Waals surface area contributed by atoms with Crippen LogP contribution in [0.4, 0.5) is 0 Å². The Morgan fingerprint density at radius 2 is 1.83 bits per heavy atom. The highest BCUT2D eigenvalue weighted by molar-refractivity contribution is 7.66. The van der Waals surface area contributed by atoms with Crippen LogP contribution in [0.1, 0.15) is 11.4 Å². The van der Waals surface area contributed by atoms with Gasteiger partial charge >= 0.3 is 0 Å². The molecular weight excluding hydrogens is 247 g/mol. The van der Waals surface area contributed by atoms with E-state index in [-0.39, 0.29) is 0 Å². The van der Waals surface area contributed by atoms with Crippen LogP contribution in [-0.2, 0) is 9.09 Å². The highest BCUT2D eigenvalue weighted by atomic mass is 31.2. The van der Waals surface area contributed by atoms with Gasteiger partial charge in [-0.15, -0.1) is 0 Å². The van der Waals surface area contributed by atoms with Crippen LogP contribution in [0.15, 0.2) is 30.3 Å². The summed E-state index contributed by atoms with van der Waals surface area (Å²) in [5.74, 6) is 0. The molecule has 4 nitrogen and oxygen atoms in total. The molecule has 0 aliphatic rings. The first-order chi connectivity index (χ1) is 8.47. The van der Waals surface area contributed by atoms with Gasteiger partial charge in [0.2, 0.25) is 7.37 Å². The molecule has 0 amide bonds. The molecule has 2 rings (SSSR count). The minimum atomic E-state index is -2.78. The van der Waals surface area contributed by atoms with Gasteiger partial charge in [-0.1, -0.05) is 18.2 Å². The Morgan fingerprint density at radius 3 is 2.39 bits per heavy atom. The van der Waals surface area contributed by atoms with Crippen molar-refractivity contribution in [1.29, 1.82) is 0 Å². The van der Waals surface area contributed by atoms with Crippen molar-refractivity contribution in [3.63, 3.8) is 0 Å². The van der Waals surface area contributed by atoms with Gasteiger partial charge in [0.25, 0.3) is 0 Å². The zero-order valence-electron chi connectivity index (χ0n) is 11.0. The molecule has 1 atom stereocenters. The third kappa shape index (κ3) is 2.14. The fraction of sp³-hybridized carbons (Fsp3) is 0.308. The van der Waals surface area contributed by atoms with Crippen molar-refractivity contribution in [1.82, 2.24) is 9.78 Å². The van der Waals surface area contributed by atoms with E-state index in [4.69, 9.17) is 4.52 Å². The molecule has 0 aliphatic heterocycles. The molecule has 2 aromatic rings. The second kappa shape index (κ2) is 4.71. The van der Waals surface area contributed by atoms with Crippen molar-refractivity contribution in [2.24, 2.45) is 0 Å². The van der Waals surface area contributed by atoms with Crippen LogP contribution in [0.5, 0.6) is 0 Å². The second-order valence-corrected chi connectivity index (χ2v) is 6.80. The number of hydrogen-bond donors (Lipinski definition) is 0. The molecule has 1 aromatic carbocycles. The Kier molecular flexibility index (Phi) is 3.42. The van der Waals surface area contributed by atoms with E-state index in [2.05, 4.69) is 5.10 Å². The van der Waals surface area contributed by atoms with Crippen molar-refractivity contribution < 1.29 is 9.09 Å². The van der Waals surface area contributed by atoms with E-state index in [1.54, 1.807) is 11.3 Å². The third-order valence-electron chi connectivity index (χ3n) is 3.01. The lowest BCUT2D eigenvalue weighted by Gasteiger charge is -2.11. The predicted molar refractivity (Wildman–Crippen MR) is 73.2 cm³/mol. The van der Waals surface area contributed by atoms with Crippen LogP contribution in [0.2, 0.25) is 0 Å². The van der Waals surface area contributed by atoms with Crippen LogP contribution < -0.4 is 5.30 Å². The molecule has 96 valence electrons. The van der Waals surface area contributed by atoms with Gasteiger partial charge in [0.15, 0.2) is 0 Å². The Bertz CT molecular complexity index is 605. The van der Waals surface area contributed by atoms with Crippen LogP contribution in [-0.4, -0.2) is 23.6 Å². The van der Waals surface area contributed by atoms with Gasteiger partial charge in [-0.3, -0.25) is 4.57 Å².